The van der Waals surface area contributed by atoms with Gasteiger partial charge in [0.1, 0.15) is 6.04 Å². The topological polar surface area (TPSA) is 105 Å². The molecule has 0 saturated carbocycles. The average Bonchev–Trinajstić information content (AvgIpc) is 3.47. The largest absolute Gasteiger partial charge is 0.454 e. The summed E-state index contributed by atoms with van der Waals surface area (Å²) in [6, 6.07) is 11.9. The number of hydrogen-bond acceptors (Lipinski definition) is 7. The minimum Gasteiger partial charge on any atom is -0.454 e. The van der Waals surface area contributed by atoms with Gasteiger partial charge >= 0.3 is 5.97 Å². The van der Waals surface area contributed by atoms with E-state index in [1.165, 1.54) is 34.1 Å². The maximum atomic E-state index is 12.5. The Bertz CT molecular complexity index is 931. The molecule has 0 spiro atoms. The van der Waals surface area contributed by atoms with E-state index in [1.54, 1.807) is 23.6 Å². The predicted octanol–water partition coefficient (Wildman–Crippen LogP) is 1.67. The Kier molecular flexibility index (Phi) is 7.63. The first-order valence-electron chi connectivity index (χ1n) is 8.95. The molecule has 2 aromatic rings. The number of hydrazine groups is 1. The van der Waals surface area contributed by atoms with Crippen molar-refractivity contribution in [2.45, 2.75) is 6.04 Å². The SMILES string of the molecule is O=C(COC(=O)C1CSCN1C(=O)/C=C/c1ccccc1)NNC(=O)c1cccs1. The third kappa shape index (κ3) is 5.94. The summed E-state index contributed by atoms with van der Waals surface area (Å²) in [5, 5.41) is 1.74. The van der Waals surface area contributed by atoms with Gasteiger partial charge in [-0.3, -0.25) is 25.2 Å². The summed E-state index contributed by atoms with van der Waals surface area (Å²) in [5.74, 6) is -1.36. The molecule has 8 nitrogen and oxygen atoms in total. The van der Waals surface area contributed by atoms with Crippen LogP contribution >= 0.6 is 23.1 Å². The monoisotopic (exact) mass is 445 g/mol. The Hall–Kier alpha value is -3.11. The first-order valence-corrected chi connectivity index (χ1v) is 11.0. The highest BCUT2D eigenvalue weighted by Gasteiger charge is 2.35. The Balaban J connectivity index is 1.45. The van der Waals surface area contributed by atoms with Crippen molar-refractivity contribution in [1.29, 1.82) is 0 Å². The Morgan fingerprint density at radius 2 is 1.90 bits per heavy atom. The molecule has 3 rings (SSSR count). The molecule has 0 bridgehead atoms. The second-order valence-electron chi connectivity index (χ2n) is 6.16. The zero-order valence-electron chi connectivity index (χ0n) is 15.8. The molecule has 2 N–H and O–H groups in total. The number of rotatable bonds is 6. The number of ether oxygens (including phenoxy) is 1. The predicted molar refractivity (Wildman–Crippen MR) is 114 cm³/mol. The number of thiophene rings is 1. The van der Waals surface area contributed by atoms with Crippen molar-refractivity contribution in [3.63, 3.8) is 0 Å². The van der Waals surface area contributed by atoms with E-state index in [2.05, 4.69) is 10.9 Å². The minimum absolute atomic E-state index is 0.307. The van der Waals surface area contributed by atoms with E-state index in [1.807, 2.05) is 30.3 Å². The zero-order chi connectivity index (χ0) is 21.3. The van der Waals surface area contributed by atoms with E-state index in [-0.39, 0.29) is 5.91 Å². The fraction of sp³-hybridized carbons (Fsp3) is 0.200. The zero-order valence-corrected chi connectivity index (χ0v) is 17.4. The van der Waals surface area contributed by atoms with Gasteiger partial charge in [-0.25, -0.2) is 4.79 Å². The summed E-state index contributed by atoms with van der Waals surface area (Å²) in [7, 11) is 0. The summed E-state index contributed by atoms with van der Waals surface area (Å²) >= 11 is 2.66. The van der Waals surface area contributed by atoms with Crippen molar-refractivity contribution in [3.05, 3.63) is 64.4 Å². The van der Waals surface area contributed by atoms with Gasteiger partial charge in [-0.15, -0.1) is 23.1 Å². The summed E-state index contributed by atoms with van der Waals surface area (Å²) in [5.41, 5.74) is 5.30. The van der Waals surface area contributed by atoms with Gasteiger partial charge in [0.15, 0.2) is 6.61 Å². The van der Waals surface area contributed by atoms with Crippen molar-refractivity contribution in [1.82, 2.24) is 15.8 Å². The van der Waals surface area contributed by atoms with Crippen LogP contribution in [0.4, 0.5) is 0 Å². The van der Waals surface area contributed by atoms with E-state index in [0.29, 0.717) is 16.5 Å². The van der Waals surface area contributed by atoms with Crippen LogP contribution in [0.5, 0.6) is 0 Å². The molecule has 10 heteroatoms. The van der Waals surface area contributed by atoms with Crippen LogP contribution in [0.3, 0.4) is 0 Å². The first-order chi connectivity index (χ1) is 14.5. The van der Waals surface area contributed by atoms with Gasteiger partial charge in [0, 0.05) is 11.8 Å². The molecule has 2 heterocycles. The maximum Gasteiger partial charge on any atom is 0.330 e. The molecule has 1 unspecified atom stereocenters. The van der Waals surface area contributed by atoms with Crippen LogP contribution in [-0.4, -0.2) is 52.9 Å². The van der Waals surface area contributed by atoms with Gasteiger partial charge < -0.3 is 9.64 Å². The van der Waals surface area contributed by atoms with Crippen molar-refractivity contribution < 1.29 is 23.9 Å². The van der Waals surface area contributed by atoms with E-state index < -0.39 is 30.4 Å². The summed E-state index contributed by atoms with van der Waals surface area (Å²) < 4.78 is 5.02. The quantitative estimate of drug-likeness (QED) is 0.398. The average molecular weight is 446 g/mol. The molecule has 30 heavy (non-hydrogen) atoms. The van der Waals surface area contributed by atoms with Crippen LogP contribution in [0.25, 0.3) is 6.08 Å². The number of thioether (sulfide) groups is 1. The lowest BCUT2D eigenvalue weighted by molar-refractivity contribution is -0.154. The Morgan fingerprint density at radius 1 is 1.10 bits per heavy atom. The summed E-state index contributed by atoms with van der Waals surface area (Å²) in [6.45, 7) is -0.563. The molecular weight excluding hydrogens is 426 g/mol. The molecule has 1 saturated heterocycles. The summed E-state index contributed by atoms with van der Waals surface area (Å²) in [6.07, 6.45) is 3.09. The van der Waals surface area contributed by atoms with E-state index in [4.69, 9.17) is 4.74 Å². The molecular formula is C20H19N3O5S2. The van der Waals surface area contributed by atoms with Crippen LogP contribution in [0.2, 0.25) is 0 Å². The lowest BCUT2D eigenvalue weighted by atomic mass is 10.2. The number of benzene rings is 1. The highest BCUT2D eigenvalue weighted by molar-refractivity contribution is 7.99. The van der Waals surface area contributed by atoms with E-state index in [9.17, 15) is 19.2 Å². The van der Waals surface area contributed by atoms with Gasteiger partial charge in [0.05, 0.1) is 10.8 Å². The smallest absolute Gasteiger partial charge is 0.330 e. The third-order valence-electron chi connectivity index (χ3n) is 4.06. The van der Waals surface area contributed by atoms with Gasteiger partial charge in [-0.2, -0.15) is 0 Å². The Labute approximate surface area is 181 Å². The standard InChI is InChI=1S/C20H19N3O5S2/c24-17(21-22-19(26)16-7-4-10-30-16)11-28-20(27)15-12-29-13-23(15)18(25)9-8-14-5-2-1-3-6-14/h1-10,15H,11-13H2,(H,21,24)(H,22,26)/b9-8+. The molecule has 1 aliphatic heterocycles. The van der Waals surface area contributed by atoms with E-state index in [0.717, 1.165) is 5.56 Å². The normalized spacial score (nSPS) is 15.7. The summed E-state index contributed by atoms with van der Waals surface area (Å²) in [4.78, 5) is 50.2. The van der Waals surface area contributed by atoms with Crippen LogP contribution < -0.4 is 10.9 Å². The fourth-order valence-corrected chi connectivity index (χ4v) is 4.31. The van der Waals surface area contributed by atoms with Crippen LogP contribution in [0.15, 0.2) is 53.9 Å². The number of nitrogens with one attached hydrogen (secondary N) is 2. The lowest BCUT2D eigenvalue weighted by Gasteiger charge is -2.20. The van der Waals surface area contributed by atoms with Crippen molar-refractivity contribution in [3.8, 4) is 0 Å². The second kappa shape index (κ2) is 10.6. The molecule has 1 aliphatic rings. The minimum atomic E-state index is -0.767. The number of nitrogens with zero attached hydrogens (tertiary/aromatic N) is 1. The van der Waals surface area contributed by atoms with Gasteiger partial charge in [-0.05, 0) is 23.1 Å². The third-order valence-corrected chi connectivity index (χ3v) is 5.94. The molecule has 0 aliphatic carbocycles. The molecule has 156 valence electrons. The molecule has 1 aromatic heterocycles. The van der Waals surface area contributed by atoms with Gasteiger partial charge in [0.2, 0.25) is 5.91 Å². The van der Waals surface area contributed by atoms with Gasteiger partial charge in [0.25, 0.3) is 11.8 Å². The lowest BCUT2D eigenvalue weighted by Crippen LogP contribution is -2.45. The number of carbonyl (C=O) groups excluding carboxylic acids is 4. The molecule has 1 atom stereocenters. The molecule has 3 amide bonds. The number of esters is 1. The number of amides is 3. The molecule has 1 aromatic carbocycles. The Morgan fingerprint density at radius 3 is 2.63 bits per heavy atom. The highest BCUT2D eigenvalue weighted by atomic mass is 32.2. The van der Waals surface area contributed by atoms with Crippen LogP contribution in [0.1, 0.15) is 15.2 Å². The van der Waals surface area contributed by atoms with Crippen molar-refractivity contribution in [2.75, 3.05) is 18.2 Å². The van der Waals surface area contributed by atoms with Crippen LogP contribution in [-0.2, 0) is 19.1 Å². The van der Waals surface area contributed by atoms with E-state index >= 15 is 0 Å². The molecule has 1 fully saturated rings. The second-order valence-corrected chi connectivity index (χ2v) is 8.10. The number of carbonyl (C=O) groups is 4. The molecule has 0 radical (unpaired) electrons. The van der Waals surface area contributed by atoms with Crippen LogP contribution in [0, 0.1) is 0 Å². The number of hydrogen-bond donors (Lipinski definition) is 2. The first kappa shape index (κ1) is 21.6. The maximum absolute atomic E-state index is 12.5. The van der Waals surface area contributed by atoms with Gasteiger partial charge in [-0.1, -0.05) is 36.4 Å². The fourth-order valence-electron chi connectivity index (χ4n) is 2.55. The van der Waals surface area contributed by atoms with Crippen molar-refractivity contribution in [2.24, 2.45) is 0 Å². The highest BCUT2D eigenvalue weighted by Crippen LogP contribution is 2.22. The van der Waals surface area contributed by atoms with Crippen molar-refractivity contribution >= 4 is 52.9 Å².